The number of urea groups is 1. The van der Waals surface area contributed by atoms with Gasteiger partial charge in [-0.05, 0) is 33.7 Å². The lowest BCUT2D eigenvalue weighted by atomic mass is 10.1. The minimum absolute atomic E-state index is 0.0433. The first kappa shape index (κ1) is 17.1. The highest BCUT2D eigenvalue weighted by atomic mass is 16.2. The molecule has 0 atom stereocenters. The summed E-state index contributed by atoms with van der Waals surface area (Å²) in [5, 5.41) is 15.9. The fourth-order valence-electron chi connectivity index (χ4n) is 1.58. The third-order valence-corrected chi connectivity index (χ3v) is 2.37. The Bertz CT molecular complexity index is 477. The maximum atomic E-state index is 11.7. The summed E-state index contributed by atoms with van der Waals surface area (Å²) in [6.07, 6.45) is 2.73. The average molecular weight is 296 g/mol. The number of rotatable bonds is 6. The summed E-state index contributed by atoms with van der Waals surface area (Å²) >= 11 is 0. The molecule has 0 radical (unpaired) electrons. The highest BCUT2D eigenvalue weighted by Crippen LogP contribution is 1.97. The van der Waals surface area contributed by atoms with Gasteiger partial charge in [0.2, 0.25) is 5.91 Å². The average Bonchev–Trinajstić information content (AvgIpc) is 2.74. The van der Waals surface area contributed by atoms with E-state index in [4.69, 9.17) is 0 Å². The zero-order chi connectivity index (χ0) is 15.9. The van der Waals surface area contributed by atoms with Gasteiger partial charge in [-0.1, -0.05) is 12.1 Å². The third-order valence-electron chi connectivity index (χ3n) is 2.37. The van der Waals surface area contributed by atoms with Crippen LogP contribution in [0.3, 0.4) is 0 Å². The Kier molecular flexibility index (Phi) is 6.29. The number of carbonyl (C=O) groups is 2. The fraction of sp³-hybridized carbons (Fsp3) is 0.692. The van der Waals surface area contributed by atoms with Crippen LogP contribution in [-0.2, 0) is 17.9 Å². The van der Waals surface area contributed by atoms with Crippen molar-refractivity contribution in [3.05, 3.63) is 11.9 Å². The Balaban J connectivity index is 2.39. The van der Waals surface area contributed by atoms with Gasteiger partial charge in [0, 0.05) is 12.1 Å². The highest BCUT2D eigenvalue weighted by Gasteiger charge is 2.16. The summed E-state index contributed by atoms with van der Waals surface area (Å²) in [4.78, 5) is 23.2. The third kappa shape index (κ3) is 7.40. The van der Waals surface area contributed by atoms with E-state index in [1.807, 2.05) is 20.8 Å². The van der Waals surface area contributed by atoms with Crippen molar-refractivity contribution < 1.29 is 9.59 Å². The van der Waals surface area contributed by atoms with E-state index < -0.39 is 17.5 Å². The number of hydrogen-bond donors (Lipinski definition) is 3. The number of hydrogen-bond acceptors (Lipinski definition) is 5. The summed E-state index contributed by atoms with van der Waals surface area (Å²) in [5.74, 6) is -0.435. The molecule has 0 aliphatic carbocycles. The molecule has 3 N–H and O–H groups in total. The summed E-state index contributed by atoms with van der Waals surface area (Å²) in [6.45, 7) is 9.06. The van der Waals surface area contributed by atoms with Gasteiger partial charge in [0.1, 0.15) is 6.54 Å². The van der Waals surface area contributed by atoms with Crippen LogP contribution < -0.4 is 16.0 Å². The number of imide groups is 1. The maximum absolute atomic E-state index is 11.7. The summed E-state index contributed by atoms with van der Waals surface area (Å²) < 4.78 is 1.41. The molecule has 8 nitrogen and oxygen atoms in total. The largest absolute Gasteiger partial charge is 0.333 e. The molecule has 0 bridgehead atoms. The van der Waals surface area contributed by atoms with Crippen molar-refractivity contribution in [2.45, 2.75) is 52.7 Å². The predicted molar refractivity (Wildman–Crippen MR) is 78.4 cm³/mol. The zero-order valence-corrected chi connectivity index (χ0v) is 13.1. The SMILES string of the molecule is CCCNCc1cn(CC(=O)NC(=O)NC(C)(C)C)nn1. The Morgan fingerprint density at radius 3 is 2.67 bits per heavy atom. The first-order chi connectivity index (χ1) is 9.80. The summed E-state index contributed by atoms with van der Waals surface area (Å²) in [6, 6.07) is -0.516. The van der Waals surface area contributed by atoms with Crippen molar-refractivity contribution >= 4 is 11.9 Å². The van der Waals surface area contributed by atoms with Gasteiger partial charge in [0.05, 0.1) is 11.9 Å². The topological polar surface area (TPSA) is 101 Å². The van der Waals surface area contributed by atoms with E-state index in [0.29, 0.717) is 6.54 Å². The first-order valence-electron chi connectivity index (χ1n) is 7.02. The fourth-order valence-corrected chi connectivity index (χ4v) is 1.58. The summed E-state index contributed by atoms with van der Waals surface area (Å²) in [7, 11) is 0. The van der Waals surface area contributed by atoms with Crippen molar-refractivity contribution in [3.8, 4) is 0 Å². The van der Waals surface area contributed by atoms with Crippen LogP contribution >= 0.6 is 0 Å². The van der Waals surface area contributed by atoms with E-state index in [-0.39, 0.29) is 6.54 Å². The second-order valence-corrected chi connectivity index (χ2v) is 5.84. The predicted octanol–water partition coefficient (Wildman–Crippen LogP) is 0.402. The van der Waals surface area contributed by atoms with Crippen molar-refractivity contribution in [1.82, 2.24) is 30.9 Å². The van der Waals surface area contributed by atoms with Crippen LogP contribution in [0.1, 0.15) is 39.8 Å². The second-order valence-electron chi connectivity index (χ2n) is 5.84. The van der Waals surface area contributed by atoms with E-state index in [1.165, 1.54) is 4.68 Å². The lowest BCUT2D eigenvalue weighted by molar-refractivity contribution is -0.120. The van der Waals surface area contributed by atoms with Crippen LogP contribution in [0.2, 0.25) is 0 Å². The molecule has 1 heterocycles. The zero-order valence-electron chi connectivity index (χ0n) is 13.1. The van der Waals surface area contributed by atoms with E-state index in [2.05, 4.69) is 33.2 Å². The van der Waals surface area contributed by atoms with Gasteiger partial charge in [-0.3, -0.25) is 10.1 Å². The maximum Gasteiger partial charge on any atom is 0.321 e. The quantitative estimate of drug-likeness (QED) is 0.660. The lowest BCUT2D eigenvalue weighted by Gasteiger charge is -2.20. The smallest absolute Gasteiger partial charge is 0.321 e. The standard InChI is InChI=1S/C13H24N6O2/c1-5-6-14-7-10-8-19(18-17-10)9-11(20)15-12(21)16-13(2,3)4/h8,14H,5-7,9H2,1-4H3,(H2,15,16,20,21). The van der Waals surface area contributed by atoms with Crippen LogP contribution in [0.5, 0.6) is 0 Å². The van der Waals surface area contributed by atoms with E-state index in [9.17, 15) is 9.59 Å². The second kappa shape index (κ2) is 7.72. The normalized spacial score (nSPS) is 11.2. The van der Waals surface area contributed by atoms with Crippen LogP contribution in [0, 0.1) is 0 Å². The molecule has 118 valence electrons. The molecular weight excluding hydrogens is 272 g/mol. The van der Waals surface area contributed by atoms with Crippen molar-refractivity contribution in [2.75, 3.05) is 6.54 Å². The molecule has 0 aromatic carbocycles. The van der Waals surface area contributed by atoms with Gasteiger partial charge >= 0.3 is 6.03 Å². The highest BCUT2D eigenvalue weighted by molar-refractivity contribution is 5.94. The lowest BCUT2D eigenvalue weighted by Crippen LogP contribution is -2.48. The number of nitrogens with zero attached hydrogens (tertiary/aromatic N) is 3. The molecule has 1 rings (SSSR count). The van der Waals surface area contributed by atoms with Gasteiger partial charge in [-0.2, -0.15) is 0 Å². The van der Waals surface area contributed by atoms with Crippen molar-refractivity contribution in [2.24, 2.45) is 0 Å². The van der Waals surface area contributed by atoms with Gasteiger partial charge in [0.15, 0.2) is 0 Å². The molecule has 0 fully saturated rings. The minimum atomic E-state index is -0.516. The summed E-state index contributed by atoms with van der Waals surface area (Å²) in [5.41, 5.74) is 0.367. The molecule has 0 spiro atoms. The Hall–Kier alpha value is -1.96. The van der Waals surface area contributed by atoms with E-state index in [1.54, 1.807) is 6.20 Å². The number of nitrogens with one attached hydrogen (secondary N) is 3. The number of aromatic nitrogens is 3. The van der Waals surface area contributed by atoms with Gasteiger partial charge in [0.25, 0.3) is 0 Å². The van der Waals surface area contributed by atoms with Crippen LogP contribution in [0.15, 0.2) is 6.20 Å². The molecule has 1 aromatic rings. The molecule has 0 unspecified atom stereocenters. The molecule has 1 aromatic heterocycles. The molecule has 0 saturated carbocycles. The van der Waals surface area contributed by atoms with Crippen molar-refractivity contribution in [1.29, 1.82) is 0 Å². The molecule has 0 aliphatic rings. The first-order valence-corrected chi connectivity index (χ1v) is 7.02. The number of carbonyl (C=O) groups excluding carboxylic acids is 2. The van der Waals surface area contributed by atoms with Gasteiger partial charge < -0.3 is 10.6 Å². The minimum Gasteiger partial charge on any atom is -0.333 e. The molecule has 0 aliphatic heterocycles. The Morgan fingerprint density at radius 2 is 2.05 bits per heavy atom. The van der Waals surface area contributed by atoms with Crippen LogP contribution in [0.4, 0.5) is 4.79 Å². The van der Waals surface area contributed by atoms with Crippen LogP contribution in [-0.4, -0.2) is 39.0 Å². The van der Waals surface area contributed by atoms with E-state index >= 15 is 0 Å². The van der Waals surface area contributed by atoms with Crippen molar-refractivity contribution in [3.63, 3.8) is 0 Å². The van der Waals surface area contributed by atoms with E-state index in [0.717, 1.165) is 18.7 Å². The van der Waals surface area contributed by atoms with Gasteiger partial charge in [-0.15, -0.1) is 5.10 Å². The van der Waals surface area contributed by atoms with Gasteiger partial charge in [-0.25, -0.2) is 9.48 Å². The molecular formula is C13H24N6O2. The number of amides is 3. The monoisotopic (exact) mass is 296 g/mol. The molecule has 0 saturated heterocycles. The molecule has 21 heavy (non-hydrogen) atoms. The Labute approximate surface area is 124 Å². The molecule has 8 heteroatoms. The van der Waals surface area contributed by atoms with Crippen LogP contribution in [0.25, 0.3) is 0 Å². The molecule has 3 amide bonds. The Morgan fingerprint density at radius 1 is 1.33 bits per heavy atom.